The van der Waals surface area contributed by atoms with Gasteiger partial charge in [-0.1, -0.05) is 49.7 Å². The number of amides is 5. The van der Waals surface area contributed by atoms with E-state index in [1.807, 2.05) is 12.1 Å². The molecular weight excluding hydrogens is 699 g/mol. The number of unbranched alkanes of at least 4 members (excludes halogenated alkanes) is 2. The van der Waals surface area contributed by atoms with E-state index >= 15 is 0 Å². The Hall–Kier alpha value is -4.84. The molecule has 0 bridgehead atoms. The van der Waals surface area contributed by atoms with E-state index in [2.05, 4.69) is 45.6 Å². The minimum absolute atomic E-state index is 0.163. The maximum Gasteiger partial charge on any atom is 0.475 e. The first kappa shape index (κ1) is 45.3. The van der Waals surface area contributed by atoms with Crippen molar-refractivity contribution in [1.29, 1.82) is 0 Å². The van der Waals surface area contributed by atoms with Crippen LogP contribution in [0.15, 0.2) is 48.5 Å². The summed E-state index contributed by atoms with van der Waals surface area (Å²) in [6, 6.07) is 9.36. The van der Waals surface area contributed by atoms with Gasteiger partial charge in [0.15, 0.2) is 0 Å². The molecule has 54 heavy (non-hydrogen) atoms. The van der Waals surface area contributed by atoms with Gasteiger partial charge in [-0.2, -0.15) is 0 Å². The lowest BCUT2D eigenvalue weighted by atomic mass is 9.81. The highest BCUT2D eigenvalue weighted by Gasteiger charge is 2.33. The molecule has 0 aliphatic carbocycles. The number of aliphatic hydroxyl groups excluding tert-OH is 1. The first-order valence-corrected chi connectivity index (χ1v) is 18.3. The largest absolute Gasteiger partial charge is 0.481 e. The van der Waals surface area contributed by atoms with Crippen LogP contribution in [0.5, 0.6) is 0 Å². The number of aryl methyl sites for hydroxylation is 1. The molecule has 0 unspecified atom stereocenters. The normalized spacial score (nSPS) is 14.3. The fourth-order valence-electron chi connectivity index (χ4n) is 5.32. The molecule has 0 aliphatic heterocycles. The second-order valence-corrected chi connectivity index (χ2v) is 13.3. The average molecular weight is 755 g/mol. The Morgan fingerprint density at radius 3 is 1.81 bits per heavy atom. The highest BCUT2D eigenvalue weighted by atomic mass is 16.4. The number of hydrogen-bond acceptors (Lipinski definition) is 10. The van der Waals surface area contributed by atoms with Gasteiger partial charge >= 0.3 is 13.1 Å². The minimum Gasteiger partial charge on any atom is -0.481 e. The summed E-state index contributed by atoms with van der Waals surface area (Å²) < 4.78 is 0. The minimum atomic E-state index is -1.84. The van der Waals surface area contributed by atoms with Gasteiger partial charge in [0.25, 0.3) is 5.91 Å². The highest BCUT2D eigenvalue weighted by molar-refractivity contribution is 6.43. The fraction of sp³-hybridized carbons (Fsp3) is 0.514. The number of nitrogens with one attached hydrogen (secondary N) is 5. The van der Waals surface area contributed by atoms with Crippen LogP contribution in [0.3, 0.4) is 0 Å². The zero-order chi connectivity index (χ0) is 40.4. The Morgan fingerprint density at radius 2 is 1.28 bits per heavy atom. The highest BCUT2D eigenvalue weighted by Crippen LogP contribution is 2.21. The summed E-state index contributed by atoms with van der Waals surface area (Å²) in [7, 11) is -1.84. The van der Waals surface area contributed by atoms with Crippen molar-refractivity contribution in [2.75, 3.05) is 6.54 Å². The van der Waals surface area contributed by atoms with Crippen LogP contribution in [-0.2, 0) is 30.4 Å². The van der Waals surface area contributed by atoms with Crippen molar-refractivity contribution < 1.29 is 49.0 Å². The summed E-state index contributed by atoms with van der Waals surface area (Å²) in [6.07, 6.45) is 2.04. The lowest BCUT2D eigenvalue weighted by Crippen LogP contribution is -2.60. The number of carbonyl (C=O) groups is 6. The van der Waals surface area contributed by atoms with Crippen molar-refractivity contribution in [3.63, 3.8) is 0 Å². The van der Waals surface area contributed by atoms with Crippen molar-refractivity contribution in [1.82, 2.24) is 26.6 Å². The molecule has 5 amide bonds. The Labute approximate surface area is 316 Å². The van der Waals surface area contributed by atoms with Gasteiger partial charge < -0.3 is 52.6 Å². The second-order valence-electron chi connectivity index (χ2n) is 13.3. The number of carboxylic acid groups (broad SMARTS) is 1. The van der Waals surface area contributed by atoms with Crippen molar-refractivity contribution in [3.05, 3.63) is 59.7 Å². The van der Waals surface area contributed by atoms with Gasteiger partial charge in [0, 0.05) is 12.0 Å². The van der Waals surface area contributed by atoms with Gasteiger partial charge in [-0.25, -0.2) is 0 Å². The van der Waals surface area contributed by atoms with Crippen LogP contribution < -0.4 is 32.3 Å². The molecule has 0 aliphatic rings. The Kier molecular flexibility index (Phi) is 19.4. The van der Waals surface area contributed by atoms with Gasteiger partial charge in [0.05, 0.1) is 12.0 Å². The van der Waals surface area contributed by atoms with Gasteiger partial charge in [-0.3, -0.25) is 28.8 Å². The van der Waals surface area contributed by atoms with Gasteiger partial charge in [0.2, 0.25) is 23.6 Å². The maximum absolute atomic E-state index is 13.4. The molecular formula is C37H55BN6O10. The van der Waals surface area contributed by atoms with Crippen LogP contribution in [0.1, 0.15) is 88.6 Å². The van der Waals surface area contributed by atoms with E-state index in [4.69, 9.17) is 5.73 Å². The van der Waals surface area contributed by atoms with E-state index < -0.39 is 85.3 Å². The lowest BCUT2D eigenvalue weighted by molar-refractivity contribution is -0.138. The van der Waals surface area contributed by atoms with E-state index in [1.54, 1.807) is 24.3 Å². The molecule has 6 atom stereocenters. The van der Waals surface area contributed by atoms with E-state index in [9.17, 15) is 49.0 Å². The first-order valence-electron chi connectivity index (χ1n) is 18.3. The number of nitrogens with two attached hydrogens (primary N) is 1. The van der Waals surface area contributed by atoms with Gasteiger partial charge in [-0.15, -0.1) is 0 Å². The number of hydrogen-bond donors (Lipinski definition) is 10. The summed E-state index contributed by atoms with van der Waals surface area (Å²) >= 11 is 0. The molecule has 0 heterocycles. The van der Waals surface area contributed by atoms with Crippen molar-refractivity contribution >= 4 is 42.6 Å². The number of aliphatic carboxylic acids is 1. The monoisotopic (exact) mass is 754 g/mol. The molecule has 0 radical (unpaired) electrons. The molecule has 2 aromatic carbocycles. The molecule has 296 valence electrons. The van der Waals surface area contributed by atoms with Crippen molar-refractivity contribution in [2.45, 2.75) is 115 Å². The molecule has 16 nitrogen and oxygen atoms in total. The molecule has 0 aromatic heterocycles. The Morgan fingerprint density at radius 1 is 0.704 bits per heavy atom. The van der Waals surface area contributed by atoms with Crippen LogP contribution >= 0.6 is 0 Å². The number of benzene rings is 2. The number of carbonyl (C=O) groups excluding carboxylic acids is 5. The van der Waals surface area contributed by atoms with Gasteiger partial charge in [0.1, 0.15) is 24.2 Å². The third-order valence-electron chi connectivity index (χ3n) is 8.73. The molecule has 17 heteroatoms. The molecule has 11 N–H and O–H groups in total. The zero-order valence-electron chi connectivity index (χ0n) is 31.3. The van der Waals surface area contributed by atoms with Crippen LogP contribution in [0.4, 0.5) is 0 Å². The van der Waals surface area contributed by atoms with E-state index in [-0.39, 0.29) is 18.4 Å². The first-order chi connectivity index (χ1) is 25.6. The number of carboxylic acids is 1. The van der Waals surface area contributed by atoms with Gasteiger partial charge in [-0.05, 0) is 94.7 Å². The number of rotatable bonds is 23. The average Bonchev–Trinajstić information content (AvgIpc) is 3.13. The van der Waals surface area contributed by atoms with Crippen molar-refractivity contribution in [3.8, 4) is 11.1 Å². The summed E-state index contributed by atoms with van der Waals surface area (Å²) in [5.74, 6) is -6.32. The smallest absolute Gasteiger partial charge is 0.475 e. The van der Waals surface area contributed by atoms with Crippen molar-refractivity contribution in [2.24, 2.45) is 5.73 Å². The Balaban J connectivity index is 2.12. The lowest BCUT2D eigenvalue weighted by Gasteiger charge is -2.26. The second kappa shape index (κ2) is 23.1. The molecule has 0 saturated carbocycles. The van der Waals surface area contributed by atoms with E-state index in [1.165, 1.54) is 26.3 Å². The maximum atomic E-state index is 13.4. The summed E-state index contributed by atoms with van der Waals surface area (Å²) in [6.45, 7) is 6.37. The predicted octanol–water partition coefficient (Wildman–Crippen LogP) is 0.160. The van der Waals surface area contributed by atoms with Crippen LogP contribution in [0.25, 0.3) is 11.1 Å². The van der Waals surface area contributed by atoms with E-state index in [0.717, 1.165) is 30.4 Å². The summed E-state index contributed by atoms with van der Waals surface area (Å²) in [5.41, 5.74) is 8.79. The molecule has 2 aromatic rings. The van der Waals surface area contributed by atoms with Crippen LogP contribution in [-0.4, -0.2) is 106 Å². The standard InChI is InChI=1S/C37H55BN6O10/c1-5-6-9-25-11-13-26(14-12-25)27-15-17-28(18-16-27)34(49)43-30(19-20-31(46)47)36(51)44-32(23(3)45)37(52)40-22(2)33(48)42-29(10-7-8-21-39)35(50)41-24(4)38(53)54/h11-18,22-24,29-30,32,45,53-54H,5-10,19-21,39H2,1-4H3,(H,40,52)(H,41,50)(H,42,48)(H,43,49)(H,44,51)(H,46,47)/t22-,23+,24-,29-,30-,32-/m0/s1. The third-order valence-corrected chi connectivity index (χ3v) is 8.73. The quantitative estimate of drug-likeness (QED) is 0.0539. The molecule has 0 fully saturated rings. The molecule has 2 rings (SSSR count). The predicted molar refractivity (Wildman–Crippen MR) is 202 cm³/mol. The zero-order valence-corrected chi connectivity index (χ0v) is 31.3. The number of aliphatic hydroxyl groups is 1. The fourth-order valence-corrected chi connectivity index (χ4v) is 5.32. The third kappa shape index (κ3) is 15.3. The van der Waals surface area contributed by atoms with E-state index in [0.29, 0.717) is 19.4 Å². The molecule has 0 saturated heterocycles. The SMILES string of the molecule is CCCCc1ccc(-c2ccc(C(=O)N[C@@H](CCC(=O)O)C(=O)N[C@H](C(=O)N[C@@H](C)C(=O)N[C@@H](CCCCN)C(=O)N[C@@H](C)B(O)O)[C@@H](C)O)cc2)cc1. The summed E-state index contributed by atoms with van der Waals surface area (Å²) in [4.78, 5) is 77.0. The summed E-state index contributed by atoms with van der Waals surface area (Å²) in [5, 5.41) is 50.6. The topological polar surface area (TPSA) is 270 Å². The molecule has 0 spiro atoms. The Bertz CT molecular complexity index is 1540. The van der Waals surface area contributed by atoms with Crippen LogP contribution in [0, 0.1) is 0 Å². The van der Waals surface area contributed by atoms with Crippen LogP contribution in [0.2, 0.25) is 0 Å².